The van der Waals surface area contributed by atoms with Gasteiger partial charge in [0.15, 0.2) is 5.16 Å². The van der Waals surface area contributed by atoms with Crippen molar-refractivity contribution in [3.8, 4) is 0 Å². The number of hydrogen-bond donors (Lipinski definition) is 1. The number of hydrogen-bond acceptors (Lipinski definition) is 4. The van der Waals surface area contributed by atoms with Gasteiger partial charge < -0.3 is 14.6 Å². The first-order valence-corrected chi connectivity index (χ1v) is 7.39. The molecule has 1 saturated heterocycles. The van der Waals surface area contributed by atoms with Gasteiger partial charge >= 0.3 is 0 Å². The third-order valence-corrected chi connectivity index (χ3v) is 4.24. The Hall–Kier alpha value is -1.01. The van der Waals surface area contributed by atoms with Crippen molar-refractivity contribution in [1.29, 1.82) is 0 Å². The van der Waals surface area contributed by atoms with Crippen LogP contribution in [0.25, 0.3) is 0 Å². The van der Waals surface area contributed by atoms with Crippen LogP contribution in [-0.2, 0) is 22.6 Å². The maximum Gasteiger partial charge on any atom is 0.249 e. The van der Waals surface area contributed by atoms with E-state index in [9.17, 15) is 4.79 Å². The molecule has 0 aliphatic carbocycles. The standard InChI is InChI=1S/C12H17N3O2S/c16-11(10-3-1-2-5-17-10)13-7-9-8-15-4-6-18-12(15)14-9/h8,10H,1-7H2,(H,13,16)/t10-/m1/s1. The van der Waals surface area contributed by atoms with Crippen LogP contribution in [-0.4, -0.2) is 33.9 Å². The number of amides is 1. The Labute approximate surface area is 110 Å². The van der Waals surface area contributed by atoms with E-state index >= 15 is 0 Å². The molecule has 1 aromatic rings. The number of carbonyl (C=O) groups is 1. The second kappa shape index (κ2) is 5.32. The average molecular weight is 267 g/mol. The number of thioether (sulfide) groups is 1. The Morgan fingerprint density at radius 1 is 1.61 bits per heavy atom. The molecule has 0 aromatic carbocycles. The summed E-state index contributed by atoms with van der Waals surface area (Å²) in [6, 6.07) is 0. The number of carbonyl (C=O) groups excluding carboxylic acids is 1. The predicted molar refractivity (Wildman–Crippen MR) is 68.4 cm³/mol. The monoisotopic (exact) mass is 267 g/mol. The van der Waals surface area contributed by atoms with Gasteiger partial charge in [0, 0.05) is 25.1 Å². The van der Waals surface area contributed by atoms with E-state index in [0.717, 1.165) is 42.4 Å². The zero-order valence-electron chi connectivity index (χ0n) is 10.2. The number of nitrogens with zero attached hydrogens (tertiary/aromatic N) is 2. The van der Waals surface area contributed by atoms with Gasteiger partial charge in [0.25, 0.3) is 0 Å². The van der Waals surface area contributed by atoms with Crippen molar-refractivity contribution in [1.82, 2.24) is 14.9 Å². The summed E-state index contributed by atoms with van der Waals surface area (Å²) in [6.07, 6.45) is 4.74. The highest BCUT2D eigenvalue weighted by Crippen LogP contribution is 2.24. The van der Waals surface area contributed by atoms with Crippen LogP contribution >= 0.6 is 11.8 Å². The summed E-state index contributed by atoms with van der Waals surface area (Å²) < 4.78 is 7.59. The minimum absolute atomic E-state index is 0.00416. The number of aryl methyl sites for hydroxylation is 1. The molecule has 0 saturated carbocycles. The number of imidazole rings is 1. The van der Waals surface area contributed by atoms with Gasteiger partial charge in [-0.2, -0.15) is 0 Å². The molecule has 6 heteroatoms. The van der Waals surface area contributed by atoms with Crippen LogP contribution in [0.3, 0.4) is 0 Å². The molecule has 0 radical (unpaired) electrons. The van der Waals surface area contributed by atoms with Gasteiger partial charge in [0.2, 0.25) is 5.91 Å². The second-order valence-corrected chi connectivity index (χ2v) is 5.69. The highest BCUT2D eigenvalue weighted by molar-refractivity contribution is 7.99. The SMILES string of the molecule is O=C(NCc1cn2c(n1)SCC2)[C@H]1CCCCO1. The van der Waals surface area contributed by atoms with Crippen molar-refractivity contribution in [3.05, 3.63) is 11.9 Å². The molecule has 1 fully saturated rings. The summed E-state index contributed by atoms with van der Waals surface area (Å²) in [5, 5.41) is 3.97. The lowest BCUT2D eigenvalue weighted by Gasteiger charge is -2.21. The third-order valence-electron chi connectivity index (χ3n) is 3.27. The highest BCUT2D eigenvalue weighted by atomic mass is 32.2. The van der Waals surface area contributed by atoms with E-state index in [4.69, 9.17) is 4.74 Å². The van der Waals surface area contributed by atoms with Crippen molar-refractivity contribution < 1.29 is 9.53 Å². The molecule has 0 spiro atoms. The van der Waals surface area contributed by atoms with Crippen LogP contribution in [0.1, 0.15) is 25.0 Å². The Morgan fingerprint density at radius 3 is 3.33 bits per heavy atom. The van der Waals surface area contributed by atoms with Crippen LogP contribution in [0.2, 0.25) is 0 Å². The Kier molecular flexibility index (Phi) is 3.56. The van der Waals surface area contributed by atoms with Crippen molar-refractivity contribution in [2.45, 2.75) is 43.6 Å². The van der Waals surface area contributed by atoms with Crippen LogP contribution < -0.4 is 5.32 Å². The quantitative estimate of drug-likeness (QED) is 0.893. The van der Waals surface area contributed by atoms with Gasteiger partial charge in [-0.3, -0.25) is 4.79 Å². The van der Waals surface area contributed by atoms with Crippen molar-refractivity contribution >= 4 is 17.7 Å². The first-order chi connectivity index (χ1) is 8.83. The highest BCUT2D eigenvalue weighted by Gasteiger charge is 2.22. The van der Waals surface area contributed by atoms with Crippen LogP contribution in [0, 0.1) is 0 Å². The summed E-state index contributed by atoms with van der Waals surface area (Å²) in [7, 11) is 0. The number of aromatic nitrogens is 2. The van der Waals surface area contributed by atoms with Gasteiger partial charge in [0.1, 0.15) is 6.10 Å². The molecular weight excluding hydrogens is 250 g/mol. The molecule has 1 aromatic heterocycles. The van der Waals surface area contributed by atoms with Crippen molar-refractivity contribution in [3.63, 3.8) is 0 Å². The fourth-order valence-electron chi connectivity index (χ4n) is 2.29. The normalized spacial score (nSPS) is 22.8. The smallest absolute Gasteiger partial charge is 0.249 e. The van der Waals surface area contributed by atoms with Crippen LogP contribution in [0.4, 0.5) is 0 Å². The van der Waals surface area contributed by atoms with Crippen LogP contribution in [0.5, 0.6) is 0 Å². The Balaban J connectivity index is 1.52. The Morgan fingerprint density at radius 2 is 2.56 bits per heavy atom. The first kappa shape index (κ1) is 12.0. The number of ether oxygens (including phenoxy) is 1. The van der Waals surface area contributed by atoms with Crippen LogP contribution in [0.15, 0.2) is 11.4 Å². The van der Waals surface area contributed by atoms with Gasteiger partial charge in [-0.25, -0.2) is 4.98 Å². The lowest BCUT2D eigenvalue weighted by atomic mass is 10.1. The number of fused-ring (bicyclic) bond motifs is 1. The third kappa shape index (κ3) is 2.54. The maximum absolute atomic E-state index is 11.9. The molecule has 1 atom stereocenters. The average Bonchev–Trinajstić information content (AvgIpc) is 2.97. The van der Waals surface area contributed by atoms with Gasteiger partial charge in [-0.05, 0) is 19.3 Å². The predicted octanol–water partition coefficient (Wildman–Crippen LogP) is 1.17. The molecule has 3 rings (SSSR count). The van der Waals surface area contributed by atoms with E-state index in [1.165, 1.54) is 0 Å². The number of rotatable bonds is 3. The van der Waals surface area contributed by atoms with E-state index in [2.05, 4.69) is 14.9 Å². The molecule has 3 heterocycles. The van der Waals surface area contributed by atoms with Gasteiger partial charge in [-0.15, -0.1) is 0 Å². The zero-order valence-corrected chi connectivity index (χ0v) is 11.0. The van der Waals surface area contributed by atoms with Gasteiger partial charge in [-0.1, -0.05) is 11.8 Å². The minimum Gasteiger partial charge on any atom is -0.368 e. The fraction of sp³-hybridized carbons (Fsp3) is 0.667. The molecule has 0 bridgehead atoms. The fourth-order valence-corrected chi connectivity index (χ4v) is 3.25. The van der Waals surface area contributed by atoms with E-state index in [0.29, 0.717) is 13.2 Å². The molecule has 18 heavy (non-hydrogen) atoms. The maximum atomic E-state index is 11.9. The lowest BCUT2D eigenvalue weighted by Crippen LogP contribution is -2.38. The summed E-state index contributed by atoms with van der Waals surface area (Å²) in [5.41, 5.74) is 0.932. The minimum atomic E-state index is -0.261. The van der Waals surface area contributed by atoms with Gasteiger partial charge in [0.05, 0.1) is 12.2 Å². The summed E-state index contributed by atoms with van der Waals surface area (Å²) >= 11 is 1.77. The molecule has 2 aliphatic heterocycles. The van der Waals surface area contributed by atoms with Crippen molar-refractivity contribution in [2.24, 2.45) is 0 Å². The van der Waals surface area contributed by atoms with E-state index in [-0.39, 0.29) is 12.0 Å². The molecule has 2 aliphatic rings. The molecule has 5 nitrogen and oxygen atoms in total. The largest absolute Gasteiger partial charge is 0.368 e. The first-order valence-electron chi connectivity index (χ1n) is 6.41. The topological polar surface area (TPSA) is 56.2 Å². The number of nitrogens with one attached hydrogen (secondary N) is 1. The van der Waals surface area contributed by atoms with E-state index in [1.807, 2.05) is 6.20 Å². The van der Waals surface area contributed by atoms with E-state index in [1.54, 1.807) is 11.8 Å². The molecular formula is C12H17N3O2S. The second-order valence-electron chi connectivity index (χ2n) is 4.63. The summed E-state index contributed by atoms with van der Waals surface area (Å²) in [4.78, 5) is 16.3. The molecule has 1 N–H and O–H groups in total. The summed E-state index contributed by atoms with van der Waals surface area (Å²) in [6.45, 7) is 2.22. The van der Waals surface area contributed by atoms with Crippen molar-refractivity contribution in [2.75, 3.05) is 12.4 Å². The van der Waals surface area contributed by atoms with E-state index < -0.39 is 0 Å². The Bertz CT molecular complexity index is 419. The summed E-state index contributed by atoms with van der Waals surface area (Å²) in [5.74, 6) is 1.10. The lowest BCUT2D eigenvalue weighted by molar-refractivity contribution is -0.135. The molecule has 1 amide bonds. The zero-order chi connectivity index (χ0) is 12.4. The molecule has 0 unspecified atom stereocenters. The molecule has 98 valence electrons.